The number of hydrogen-bond donors (Lipinski definition) is 1. The van der Waals surface area contributed by atoms with E-state index < -0.39 is 0 Å². The van der Waals surface area contributed by atoms with Gasteiger partial charge in [-0.05, 0) is 64.7 Å². The Labute approximate surface area is 334 Å². The zero-order valence-corrected chi connectivity index (χ0v) is 36.1. The molecule has 0 spiro atoms. The Morgan fingerprint density at radius 3 is 1.72 bits per heavy atom. The zero-order valence-electron chi connectivity index (χ0n) is 36.1. The molecule has 0 aliphatic heterocycles. The molecule has 1 aliphatic rings. The van der Waals surface area contributed by atoms with Crippen molar-refractivity contribution in [3.05, 3.63) is 30.4 Å². The number of aromatic nitrogens is 2. The molecule has 2 amide bonds. The van der Waals surface area contributed by atoms with E-state index in [-0.39, 0.29) is 23.9 Å². The summed E-state index contributed by atoms with van der Waals surface area (Å²) in [5.74, 6) is 1.27. The molecule has 1 fully saturated rings. The topological polar surface area (TPSA) is 67.2 Å². The van der Waals surface area contributed by atoms with Gasteiger partial charge in [0.25, 0.3) is 0 Å². The van der Waals surface area contributed by atoms with Gasteiger partial charge in [0.1, 0.15) is 11.9 Å². The van der Waals surface area contributed by atoms with Crippen molar-refractivity contribution in [1.82, 2.24) is 19.8 Å². The number of aryl methyl sites for hydroxylation is 2. The van der Waals surface area contributed by atoms with Gasteiger partial charge >= 0.3 is 0 Å². The molecule has 1 aromatic rings. The largest absolute Gasteiger partial charge is 0.352 e. The van der Waals surface area contributed by atoms with Crippen molar-refractivity contribution < 1.29 is 9.59 Å². The summed E-state index contributed by atoms with van der Waals surface area (Å²) in [6.45, 7) is 8.04. The SMILES string of the molecule is CCCCCCCC/C=C\CCCCCCCC(=O)N(CCCn1ccnc1C)C(CCCCCCCCCCCCCC)C(=O)NC1CCCCCC1. The molecule has 0 radical (unpaired) electrons. The van der Waals surface area contributed by atoms with E-state index in [9.17, 15) is 9.59 Å². The lowest BCUT2D eigenvalue weighted by atomic mass is 10.0. The fourth-order valence-corrected chi connectivity index (χ4v) is 8.32. The van der Waals surface area contributed by atoms with Crippen LogP contribution in [0.25, 0.3) is 0 Å². The minimum absolute atomic E-state index is 0.0988. The molecule has 1 aromatic heterocycles. The summed E-state index contributed by atoms with van der Waals surface area (Å²) in [6.07, 6.45) is 49.7. The van der Waals surface area contributed by atoms with Gasteiger partial charge in [0.2, 0.25) is 11.8 Å². The summed E-state index contributed by atoms with van der Waals surface area (Å²) in [5.41, 5.74) is 0. The number of allylic oxidation sites excluding steroid dienone is 2. The van der Waals surface area contributed by atoms with Gasteiger partial charge < -0.3 is 14.8 Å². The summed E-state index contributed by atoms with van der Waals surface area (Å²) >= 11 is 0. The quantitative estimate of drug-likeness (QED) is 0.0426. The van der Waals surface area contributed by atoms with Crippen molar-refractivity contribution in [3.8, 4) is 0 Å². The molecule has 0 bridgehead atoms. The molecule has 6 heteroatoms. The Kier molecular flexibility index (Phi) is 30.4. The van der Waals surface area contributed by atoms with Gasteiger partial charge in [-0.15, -0.1) is 0 Å². The van der Waals surface area contributed by atoms with E-state index in [2.05, 4.69) is 40.9 Å². The number of rotatable bonds is 35. The van der Waals surface area contributed by atoms with Crippen LogP contribution in [0.1, 0.15) is 238 Å². The summed E-state index contributed by atoms with van der Waals surface area (Å²) < 4.78 is 2.16. The number of hydrogen-bond acceptors (Lipinski definition) is 3. The Morgan fingerprint density at radius 2 is 1.20 bits per heavy atom. The number of carbonyl (C=O) groups is 2. The molecule has 2 rings (SSSR count). The molecule has 1 atom stereocenters. The second kappa shape index (κ2) is 34.2. The standard InChI is InChI=1S/C48H88N4O2/c1-4-6-8-10-12-14-16-18-19-20-22-24-26-28-34-39-47(53)52(42-35-41-51-43-40-49-44(51)3)46(48(54)50-45-36-31-29-30-32-37-45)38-33-27-25-23-21-17-15-13-11-9-7-5-2/h18-19,40,43,45-46H,4-17,20-39,41-42H2,1-3H3,(H,50,54)/b19-18-. The van der Waals surface area contributed by atoms with Crippen molar-refractivity contribution in [2.24, 2.45) is 0 Å². The van der Waals surface area contributed by atoms with Crippen LogP contribution in [0.2, 0.25) is 0 Å². The molecule has 1 saturated carbocycles. The highest BCUT2D eigenvalue weighted by Gasteiger charge is 2.30. The Bertz CT molecular complexity index is 1040. The number of nitrogens with zero attached hydrogens (tertiary/aromatic N) is 3. The van der Waals surface area contributed by atoms with Crippen molar-refractivity contribution in [2.45, 2.75) is 258 Å². The third-order valence-corrected chi connectivity index (χ3v) is 11.9. The van der Waals surface area contributed by atoms with Crippen LogP contribution in [-0.2, 0) is 16.1 Å². The van der Waals surface area contributed by atoms with E-state index >= 15 is 0 Å². The molecule has 0 saturated heterocycles. The average molecular weight is 753 g/mol. The minimum Gasteiger partial charge on any atom is -0.352 e. The first-order valence-corrected chi connectivity index (χ1v) is 23.8. The molecule has 312 valence electrons. The van der Waals surface area contributed by atoms with Gasteiger partial charge in [0, 0.05) is 37.9 Å². The highest BCUT2D eigenvalue weighted by atomic mass is 16.2. The first kappa shape index (κ1) is 48.0. The van der Waals surface area contributed by atoms with Crippen molar-refractivity contribution >= 4 is 11.8 Å². The molecule has 0 aromatic carbocycles. The highest BCUT2D eigenvalue weighted by molar-refractivity contribution is 5.87. The van der Waals surface area contributed by atoms with Crippen LogP contribution in [0.3, 0.4) is 0 Å². The van der Waals surface area contributed by atoms with Gasteiger partial charge in [0.15, 0.2) is 0 Å². The van der Waals surface area contributed by atoms with Crippen LogP contribution in [-0.4, -0.2) is 44.9 Å². The Hall–Kier alpha value is -2.11. The summed E-state index contributed by atoms with van der Waals surface area (Å²) in [5, 5.41) is 3.47. The second-order valence-electron chi connectivity index (χ2n) is 16.8. The van der Waals surface area contributed by atoms with Crippen LogP contribution in [0.15, 0.2) is 24.5 Å². The number of imidazole rings is 1. The third kappa shape index (κ3) is 24.4. The van der Waals surface area contributed by atoms with Crippen molar-refractivity contribution in [3.63, 3.8) is 0 Å². The average Bonchev–Trinajstić information content (AvgIpc) is 3.40. The lowest BCUT2D eigenvalue weighted by Crippen LogP contribution is -2.52. The van der Waals surface area contributed by atoms with Crippen molar-refractivity contribution in [1.29, 1.82) is 0 Å². The van der Waals surface area contributed by atoms with Gasteiger partial charge in [-0.25, -0.2) is 4.98 Å². The first-order chi connectivity index (χ1) is 26.6. The van der Waals surface area contributed by atoms with Crippen LogP contribution in [0.4, 0.5) is 0 Å². The molecular weight excluding hydrogens is 665 g/mol. The molecule has 54 heavy (non-hydrogen) atoms. The molecular formula is C48H88N4O2. The first-order valence-electron chi connectivity index (χ1n) is 23.8. The predicted octanol–water partition coefficient (Wildman–Crippen LogP) is 13.7. The molecule has 6 nitrogen and oxygen atoms in total. The molecule has 1 unspecified atom stereocenters. The van der Waals surface area contributed by atoms with Gasteiger partial charge in [-0.3, -0.25) is 9.59 Å². The maximum Gasteiger partial charge on any atom is 0.243 e. The normalized spacial score (nSPS) is 14.4. The number of unbranched alkanes of at least 4 members (excludes halogenated alkanes) is 22. The summed E-state index contributed by atoms with van der Waals surface area (Å²) in [4.78, 5) is 34.6. The van der Waals surface area contributed by atoms with E-state index in [0.717, 1.165) is 63.7 Å². The Morgan fingerprint density at radius 1 is 0.704 bits per heavy atom. The second-order valence-corrected chi connectivity index (χ2v) is 16.8. The smallest absolute Gasteiger partial charge is 0.243 e. The van der Waals surface area contributed by atoms with E-state index in [1.807, 2.05) is 24.2 Å². The van der Waals surface area contributed by atoms with Gasteiger partial charge in [0.05, 0.1) is 0 Å². The third-order valence-electron chi connectivity index (χ3n) is 11.9. The Balaban J connectivity index is 1.88. The zero-order chi connectivity index (χ0) is 38.7. The number of carbonyl (C=O) groups excluding carboxylic acids is 2. The van der Waals surface area contributed by atoms with Crippen LogP contribution in [0, 0.1) is 6.92 Å². The number of nitrogens with one attached hydrogen (secondary N) is 1. The maximum absolute atomic E-state index is 14.1. The molecule has 1 aliphatic carbocycles. The van der Waals surface area contributed by atoms with E-state index in [1.54, 1.807) is 0 Å². The van der Waals surface area contributed by atoms with E-state index in [4.69, 9.17) is 0 Å². The lowest BCUT2D eigenvalue weighted by Gasteiger charge is -2.33. The fourth-order valence-electron chi connectivity index (χ4n) is 8.32. The van der Waals surface area contributed by atoms with Crippen molar-refractivity contribution in [2.75, 3.05) is 6.54 Å². The number of amides is 2. The van der Waals surface area contributed by atoms with Gasteiger partial charge in [-0.2, -0.15) is 0 Å². The molecule has 1 heterocycles. The van der Waals surface area contributed by atoms with Crippen LogP contribution >= 0.6 is 0 Å². The van der Waals surface area contributed by atoms with E-state index in [0.29, 0.717) is 13.0 Å². The fraction of sp³-hybridized carbons (Fsp3) is 0.854. The lowest BCUT2D eigenvalue weighted by molar-refractivity contribution is -0.141. The minimum atomic E-state index is -0.365. The summed E-state index contributed by atoms with van der Waals surface area (Å²) in [6, 6.07) is -0.115. The molecule has 1 N–H and O–H groups in total. The van der Waals surface area contributed by atoms with Crippen LogP contribution < -0.4 is 5.32 Å². The summed E-state index contributed by atoms with van der Waals surface area (Å²) in [7, 11) is 0. The van der Waals surface area contributed by atoms with Gasteiger partial charge in [-0.1, -0.05) is 180 Å². The maximum atomic E-state index is 14.1. The van der Waals surface area contributed by atoms with Crippen LogP contribution in [0.5, 0.6) is 0 Å². The highest BCUT2D eigenvalue weighted by Crippen LogP contribution is 2.21. The van der Waals surface area contributed by atoms with E-state index in [1.165, 1.54) is 161 Å². The monoisotopic (exact) mass is 753 g/mol. The predicted molar refractivity (Wildman–Crippen MR) is 232 cm³/mol.